The number of aliphatic hydroxyl groups is 1. The van der Waals surface area contributed by atoms with E-state index in [0.29, 0.717) is 37.3 Å². The van der Waals surface area contributed by atoms with Gasteiger partial charge in [-0.2, -0.15) is 13.2 Å². The zero-order chi connectivity index (χ0) is 33.4. The number of alkyl halides is 3. The summed E-state index contributed by atoms with van der Waals surface area (Å²) in [7, 11) is 1.27. The zero-order valence-corrected chi connectivity index (χ0v) is 24.7. The highest BCUT2D eigenvalue weighted by molar-refractivity contribution is 6.01. The molecule has 2 fully saturated rings. The molecule has 2 aromatic rings. The van der Waals surface area contributed by atoms with Gasteiger partial charge in [-0.15, -0.1) is 0 Å². The lowest BCUT2D eigenvalue weighted by atomic mass is 9.75. The second kappa shape index (κ2) is 13.0. The van der Waals surface area contributed by atoms with Gasteiger partial charge in [-0.25, -0.2) is 28.1 Å². The van der Waals surface area contributed by atoms with Crippen LogP contribution in [0.2, 0.25) is 0 Å². The van der Waals surface area contributed by atoms with Crippen molar-refractivity contribution in [2.45, 2.75) is 62.0 Å². The number of rotatable bonds is 7. The SMILES string of the molecule is COCC1=C(C(=O)O)[C@H](c2ccc(F)c(F)c2)N(C(=O)N[C@@H]2CCN(C3CCC(O)(c4ccccc4C(F)(F)F)CC3)C2)C(=O)N1. The predicted molar refractivity (Wildman–Crippen MR) is 152 cm³/mol. The summed E-state index contributed by atoms with van der Waals surface area (Å²) in [5, 5.41) is 26.4. The molecular weight excluding hydrogens is 619 g/mol. The summed E-state index contributed by atoms with van der Waals surface area (Å²) in [4.78, 5) is 41.8. The Hall–Kier alpha value is -4.08. The Bertz CT molecular complexity index is 1540. The number of ether oxygens (including phenoxy) is 1. The maximum atomic E-state index is 14.2. The maximum absolute atomic E-state index is 14.2. The monoisotopic (exact) mass is 652 g/mol. The van der Waals surface area contributed by atoms with Crippen molar-refractivity contribution in [1.82, 2.24) is 20.4 Å². The number of amides is 4. The molecule has 0 aromatic heterocycles. The summed E-state index contributed by atoms with van der Waals surface area (Å²) in [6.07, 6.45) is -3.13. The van der Waals surface area contributed by atoms with Crippen molar-refractivity contribution in [2.75, 3.05) is 26.8 Å². The van der Waals surface area contributed by atoms with Gasteiger partial charge in [-0.3, -0.25) is 4.90 Å². The van der Waals surface area contributed by atoms with Crippen molar-refractivity contribution in [3.05, 3.63) is 82.1 Å². The number of urea groups is 2. The van der Waals surface area contributed by atoms with Gasteiger partial charge in [-0.1, -0.05) is 24.3 Å². The molecule has 248 valence electrons. The normalized spacial score (nSPS) is 25.8. The predicted octanol–water partition coefficient (Wildman–Crippen LogP) is 4.65. The van der Waals surface area contributed by atoms with E-state index in [0.717, 1.165) is 24.3 Å². The van der Waals surface area contributed by atoms with Gasteiger partial charge < -0.3 is 25.6 Å². The third-order valence-electron chi connectivity index (χ3n) is 8.91. The van der Waals surface area contributed by atoms with Crippen molar-refractivity contribution < 1.29 is 51.3 Å². The minimum absolute atomic E-state index is 0.0772. The lowest BCUT2D eigenvalue weighted by Gasteiger charge is -2.41. The first kappa shape index (κ1) is 33.3. The molecule has 1 saturated carbocycles. The summed E-state index contributed by atoms with van der Waals surface area (Å²) in [5.41, 5.74) is -3.41. The first-order valence-corrected chi connectivity index (χ1v) is 14.7. The van der Waals surface area contributed by atoms with Crippen LogP contribution in [0.5, 0.6) is 0 Å². The molecule has 3 aliphatic rings. The number of hydrogen-bond acceptors (Lipinski definition) is 6. The van der Waals surface area contributed by atoms with Crippen LogP contribution < -0.4 is 10.6 Å². The third kappa shape index (κ3) is 6.57. The van der Waals surface area contributed by atoms with E-state index < -0.39 is 64.7 Å². The molecule has 0 unspecified atom stereocenters. The Morgan fingerprint density at radius 1 is 1.09 bits per heavy atom. The van der Waals surface area contributed by atoms with Crippen LogP contribution in [0.15, 0.2) is 53.7 Å². The van der Waals surface area contributed by atoms with Gasteiger partial charge >= 0.3 is 24.2 Å². The van der Waals surface area contributed by atoms with E-state index >= 15 is 0 Å². The van der Waals surface area contributed by atoms with E-state index in [1.165, 1.54) is 25.3 Å². The zero-order valence-electron chi connectivity index (χ0n) is 24.7. The van der Waals surface area contributed by atoms with Gasteiger partial charge in [0.1, 0.15) is 6.04 Å². The maximum Gasteiger partial charge on any atom is 0.416 e. The second-order valence-corrected chi connectivity index (χ2v) is 11.7. The van der Waals surface area contributed by atoms with E-state index in [1.54, 1.807) is 0 Å². The van der Waals surface area contributed by atoms with Crippen LogP contribution in [0, 0.1) is 11.6 Å². The van der Waals surface area contributed by atoms with Gasteiger partial charge in [0.25, 0.3) is 0 Å². The van der Waals surface area contributed by atoms with Gasteiger partial charge in [0.15, 0.2) is 11.6 Å². The molecule has 46 heavy (non-hydrogen) atoms. The Labute approximate surface area is 260 Å². The Balaban J connectivity index is 1.29. The molecule has 4 amide bonds. The number of imide groups is 1. The van der Waals surface area contributed by atoms with Crippen LogP contribution in [0.25, 0.3) is 0 Å². The first-order chi connectivity index (χ1) is 21.7. The van der Waals surface area contributed by atoms with Crippen LogP contribution in [-0.2, 0) is 21.3 Å². The minimum Gasteiger partial charge on any atom is -0.478 e. The molecule has 1 aliphatic carbocycles. The third-order valence-corrected chi connectivity index (χ3v) is 8.91. The number of benzene rings is 2. The number of halogens is 5. The molecule has 2 aliphatic heterocycles. The Kier molecular flexibility index (Phi) is 9.38. The van der Waals surface area contributed by atoms with Crippen LogP contribution >= 0.6 is 0 Å². The number of carbonyl (C=O) groups excluding carboxylic acids is 2. The average Bonchev–Trinajstić information content (AvgIpc) is 3.46. The summed E-state index contributed by atoms with van der Waals surface area (Å²) < 4.78 is 73.9. The highest BCUT2D eigenvalue weighted by atomic mass is 19.4. The number of hydrogen-bond donors (Lipinski definition) is 4. The number of carboxylic acids is 1. The molecule has 4 N–H and O–H groups in total. The van der Waals surface area contributed by atoms with Crippen LogP contribution in [0.3, 0.4) is 0 Å². The van der Waals surface area contributed by atoms with Crippen LogP contribution in [0.1, 0.15) is 54.8 Å². The number of likely N-dealkylation sites (tertiary alicyclic amines) is 1. The smallest absolute Gasteiger partial charge is 0.416 e. The van der Waals surface area contributed by atoms with Crippen molar-refractivity contribution in [3.63, 3.8) is 0 Å². The van der Waals surface area contributed by atoms with Gasteiger partial charge in [0.05, 0.1) is 29.0 Å². The molecule has 5 rings (SSSR count). The molecular formula is C31H33F5N4O6. The fourth-order valence-electron chi connectivity index (χ4n) is 6.71. The Morgan fingerprint density at radius 3 is 2.41 bits per heavy atom. The summed E-state index contributed by atoms with van der Waals surface area (Å²) in [5.74, 6) is -4.01. The molecule has 10 nitrogen and oxygen atoms in total. The topological polar surface area (TPSA) is 131 Å². The minimum atomic E-state index is -4.61. The largest absolute Gasteiger partial charge is 0.478 e. The van der Waals surface area contributed by atoms with Crippen molar-refractivity contribution in [3.8, 4) is 0 Å². The number of aliphatic carboxylic acids is 1. The van der Waals surface area contributed by atoms with Crippen LogP contribution in [0.4, 0.5) is 31.5 Å². The molecule has 2 heterocycles. The Morgan fingerprint density at radius 2 is 1.78 bits per heavy atom. The highest BCUT2D eigenvalue weighted by Crippen LogP contribution is 2.44. The van der Waals surface area contributed by atoms with Gasteiger partial charge in [0, 0.05) is 32.3 Å². The molecule has 1 saturated heterocycles. The average molecular weight is 653 g/mol. The fraction of sp³-hybridized carbons (Fsp3) is 0.452. The molecule has 0 bridgehead atoms. The summed E-state index contributed by atoms with van der Waals surface area (Å²) in [6.45, 7) is 0.513. The fourth-order valence-corrected chi connectivity index (χ4v) is 6.71. The molecule has 0 spiro atoms. The second-order valence-electron chi connectivity index (χ2n) is 11.7. The molecule has 0 radical (unpaired) electrons. The first-order valence-electron chi connectivity index (χ1n) is 14.7. The van der Waals surface area contributed by atoms with E-state index in [1.807, 2.05) is 0 Å². The molecule has 2 atom stereocenters. The molecule has 15 heteroatoms. The number of methoxy groups -OCH3 is 1. The lowest BCUT2D eigenvalue weighted by Crippen LogP contribution is -2.56. The lowest BCUT2D eigenvalue weighted by molar-refractivity contribution is -0.141. The van der Waals surface area contributed by atoms with Gasteiger partial charge in [-0.05, 0) is 61.4 Å². The van der Waals surface area contributed by atoms with E-state index in [4.69, 9.17) is 4.74 Å². The van der Waals surface area contributed by atoms with E-state index in [2.05, 4.69) is 15.5 Å². The number of carboxylic acid groups (broad SMARTS) is 1. The van der Waals surface area contributed by atoms with E-state index in [-0.39, 0.29) is 42.3 Å². The van der Waals surface area contributed by atoms with Crippen molar-refractivity contribution in [2.24, 2.45) is 0 Å². The number of carbonyl (C=O) groups is 3. The van der Waals surface area contributed by atoms with Gasteiger partial charge in [0.2, 0.25) is 0 Å². The van der Waals surface area contributed by atoms with Crippen molar-refractivity contribution >= 4 is 18.0 Å². The quantitative estimate of drug-likeness (QED) is 0.321. The number of nitrogens with zero attached hydrogens (tertiary/aromatic N) is 2. The summed E-state index contributed by atoms with van der Waals surface area (Å²) in [6, 6.07) is 3.46. The highest BCUT2D eigenvalue weighted by Gasteiger charge is 2.46. The molecule has 2 aromatic carbocycles. The number of nitrogens with one attached hydrogen (secondary N) is 2. The van der Waals surface area contributed by atoms with Crippen molar-refractivity contribution in [1.29, 1.82) is 0 Å². The van der Waals surface area contributed by atoms with Crippen LogP contribution in [-0.4, -0.2) is 76.9 Å². The standard InChI is InChI=1S/C31H33F5N4O6/c1-46-16-24-25(27(41)42)26(17-6-7-22(32)23(33)14-17)40(29(44)38-24)28(43)37-18-10-13-39(15-18)19-8-11-30(45,12-9-19)20-4-2-3-5-21(20)31(34,35)36/h2-7,14,18-19,26,45H,8-13,15-16H2,1H3,(H,37,43)(H,38,44)(H,41,42)/t18-,19?,26+,30?/m1/s1. The van der Waals surface area contributed by atoms with E-state index in [9.17, 15) is 46.5 Å². The summed E-state index contributed by atoms with van der Waals surface area (Å²) >= 11 is 0.